The lowest BCUT2D eigenvalue weighted by Gasteiger charge is -2.24. The van der Waals surface area contributed by atoms with E-state index in [1.807, 2.05) is 32.0 Å². The van der Waals surface area contributed by atoms with E-state index in [2.05, 4.69) is 15.4 Å². The third-order valence-corrected chi connectivity index (χ3v) is 4.41. The molecule has 2 heterocycles. The number of amides is 1. The number of ether oxygens (including phenoxy) is 1. The van der Waals surface area contributed by atoms with Crippen molar-refractivity contribution in [1.82, 2.24) is 20.3 Å². The molecule has 1 aromatic carbocycles. The van der Waals surface area contributed by atoms with E-state index in [9.17, 15) is 14.7 Å². The van der Waals surface area contributed by atoms with E-state index in [4.69, 9.17) is 4.74 Å². The summed E-state index contributed by atoms with van der Waals surface area (Å²) in [6.07, 6.45) is 1.44. The topological polar surface area (TPSA) is 108 Å². The van der Waals surface area contributed by atoms with Gasteiger partial charge in [-0.1, -0.05) is 18.2 Å². The van der Waals surface area contributed by atoms with Crippen LogP contribution in [0.25, 0.3) is 0 Å². The number of hydrogen-bond donors (Lipinski definition) is 2. The molecule has 0 bridgehead atoms. The molecule has 132 valence electrons. The zero-order valence-electron chi connectivity index (χ0n) is 14.2. The number of aromatic carboxylic acids is 1. The predicted molar refractivity (Wildman–Crippen MR) is 88.4 cm³/mol. The van der Waals surface area contributed by atoms with Gasteiger partial charge in [0.1, 0.15) is 11.4 Å². The normalized spacial score (nSPS) is 16.9. The van der Waals surface area contributed by atoms with Crippen molar-refractivity contribution in [2.45, 2.75) is 32.7 Å². The summed E-state index contributed by atoms with van der Waals surface area (Å²) in [5.41, 5.74) is 2.09. The first-order chi connectivity index (χ1) is 12.0. The molecular weight excluding hydrogens is 324 g/mol. The van der Waals surface area contributed by atoms with Crippen LogP contribution < -0.4 is 4.74 Å². The number of carbonyl (C=O) groups is 2. The molecule has 1 aliphatic heterocycles. The summed E-state index contributed by atoms with van der Waals surface area (Å²) in [6.45, 7) is 4.31. The van der Waals surface area contributed by atoms with Gasteiger partial charge in [0.15, 0.2) is 12.3 Å². The predicted octanol–water partition coefficient (Wildman–Crippen LogP) is 1.86. The van der Waals surface area contributed by atoms with E-state index in [-0.39, 0.29) is 24.2 Å². The van der Waals surface area contributed by atoms with Crippen LogP contribution >= 0.6 is 0 Å². The Kier molecular flexibility index (Phi) is 4.69. The van der Waals surface area contributed by atoms with Crippen molar-refractivity contribution >= 4 is 11.9 Å². The number of carboxylic acid groups (broad SMARTS) is 1. The molecule has 0 spiro atoms. The number of rotatable bonds is 5. The van der Waals surface area contributed by atoms with E-state index in [1.165, 1.54) is 0 Å². The molecule has 2 N–H and O–H groups in total. The van der Waals surface area contributed by atoms with Crippen molar-refractivity contribution < 1.29 is 19.4 Å². The zero-order valence-corrected chi connectivity index (χ0v) is 14.2. The fourth-order valence-electron chi connectivity index (χ4n) is 3.22. The smallest absolute Gasteiger partial charge is 0.358 e. The number of benzene rings is 1. The van der Waals surface area contributed by atoms with Crippen LogP contribution in [0.2, 0.25) is 0 Å². The number of H-pyrrole nitrogens is 1. The average Bonchev–Trinajstić information content (AvgIpc) is 3.22. The lowest BCUT2D eigenvalue weighted by molar-refractivity contribution is -0.134. The number of carboxylic acids is 1. The van der Waals surface area contributed by atoms with Crippen LogP contribution in [0, 0.1) is 13.8 Å². The second-order valence-electron chi connectivity index (χ2n) is 6.12. The first-order valence-corrected chi connectivity index (χ1v) is 8.11. The van der Waals surface area contributed by atoms with Gasteiger partial charge in [-0.05, 0) is 37.8 Å². The molecule has 8 heteroatoms. The zero-order chi connectivity index (χ0) is 18.0. The molecule has 1 aromatic heterocycles. The fraction of sp³-hybridized carbons (Fsp3) is 0.412. The van der Waals surface area contributed by atoms with Crippen LogP contribution in [-0.2, 0) is 4.79 Å². The van der Waals surface area contributed by atoms with E-state index < -0.39 is 5.97 Å². The summed E-state index contributed by atoms with van der Waals surface area (Å²) in [4.78, 5) is 25.5. The van der Waals surface area contributed by atoms with E-state index >= 15 is 0 Å². The van der Waals surface area contributed by atoms with Crippen LogP contribution in [0.15, 0.2) is 18.2 Å². The molecule has 2 aromatic rings. The number of nitrogens with zero attached hydrogens (tertiary/aromatic N) is 3. The number of hydrogen-bond acceptors (Lipinski definition) is 5. The molecule has 1 saturated heterocycles. The van der Waals surface area contributed by atoms with Gasteiger partial charge in [-0.25, -0.2) is 4.79 Å². The Hall–Kier alpha value is -2.90. The van der Waals surface area contributed by atoms with Gasteiger partial charge >= 0.3 is 5.97 Å². The highest BCUT2D eigenvalue weighted by Crippen LogP contribution is 2.32. The summed E-state index contributed by atoms with van der Waals surface area (Å²) < 4.78 is 5.73. The third-order valence-electron chi connectivity index (χ3n) is 4.41. The first kappa shape index (κ1) is 16.9. The Morgan fingerprint density at radius 1 is 1.32 bits per heavy atom. The summed E-state index contributed by atoms with van der Waals surface area (Å²) >= 11 is 0. The highest BCUT2D eigenvalue weighted by Gasteiger charge is 2.35. The van der Waals surface area contributed by atoms with E-state index in [0.29, 0.717) is 24.4 Å². The maximum atomic E-state index is 12.6. The quantitative estimate of drug-likeness (QED) is 0.857. The molecule has 1 fully saturated rings. The molecule has 0 saturated carbocycles. The van der Waals surface area contributed by atoms with Crippen LogP contribution in [0.1, 0.15) is 46.2 Å². The summed E-state index contributed by atoms with van der Waals surface area (Å²) in [5.74, 6) is -0.640. The van der Waals surface area contributed by atoms with Gasteiger partial charge in [-0.2, -0.15) is 10.3 Å². The third kappa shape index (κ3) is 3.33. The maximum Gasteiger partial charge on any atom is 0.358 e. The Morgan fingerprint density at radius 2 is 2.04 bits per heavy atom. The van der Waals surface area contributed by atoms with Crippen molar-refractivity contribution in [3.63, 3.8) is 0 Å². The number of carbonyl (C=O) groups excluding carboxylic acids is 1. The maximum absolute atomic E-state index is 12.6. The van der Waals surface area contributed by atoms with Gasteiger partial charge in [0.25, 0.3) is 5.91 Å². The molecular formula is C17H20N4O4. The van der Waals surface area contributed by atoms with Crippen molar-refractivity contribution in [3.8, 4) is 5.75 Å². The van der Waals surface area contributed by atoms with Crippen molar-refractivity contribution in [2.24, 2.45) is 0 Å². The molecule has 0 aliphatic carbocycles. The first-order valence-electron chi connectivity index (χ1n) is 8.11. The number of aromatic nitrogens is 3. The largest absolute Gasteiger partial charge is 0.483 e. The van der Waals surface area contributed by atoms with Crippen LogP contribution in [0.5, 0.6) is 5.75 Å². The Bertz CT molecular complexity index is 781. The van der Waals surface area contributed by atoms with Gasteiger partial charge in [0.2, 0.25) is 0 Å². The van der Waals surface area contributed by atoms with Crippen molar-refractivity contribution in [3.05, 3.63) is 40.7 Å². The number of aromatic amines is 1. The monoisotopic (exact) mass is 344 g/mol. The Balaban J connectivity index is 1.73. The van der Waals surface area contributed by atoms with Crippen molar-refractivity contribution in [1.29, 1.82) is 0 Å². The van der Waals surface area contributed by atoms with Gasteiger partial charge in [-0.3, -0.25) is 4.79 Å². The van der Waals surface area contributed by atoms with Crippen molar-refractivity contribution in [2.75, 3.05) is 13.2 Å². The Labute approximate surface area is 144 Å². The van der Waals surface area contributed by atoms with Gasteiger partial charge < -0.3 is 14.7 Å². The number of para-hydroxylation sites is 1. The van der Waals surface area contributed by atoms with Gasteiger partial charge in [0.05, 0.1) is 6.04 Å². The van der Waals surface area contributed by atoms with Gasteiger partial charge in [-0.15, -0.1) is 5.10 Å². The standard InChI is InChI=1S/C17H20N4O4/c1-10-5-3-6-11(2)16(10)25-9-13(22)21-8-4-7-12(21)14-15(17(23)24)19-20-18-14/h3,5-6,12H,4,7-9H2,1-2H3,(H,23,24)(H,18,19,20). The van der Waals surface area contributed by atoms with Crippen LogP contribution in [-0.4, -0.2) is 50.4 Å². The Morgan fingerprint density at radius 3 is 2.72 bits per heavy atom. The minimum atomic E-state index is -1.16. The SMILES string of the molecule is Cc1cccc(C)c1OCC(=O)N1CCCC1c1n[nH]nc1C(=O)O. The fourth-order valence-corrected chi connectivity index (χ4v) is 3.22. The average molecular weight is 344 g/mol. The minimum Gasteiger partial charge on any atom is -0.483 e. The molecule has 1 amide bonds. The summed E-state index contributed by atoms with van der Waals surface area (Å²) in [7, 11) is 0. The van der Waals surface area contributed by atoms with Crippen LogP contribution in [0.3, 0.4) is 0 Å². The van der Waals surface area contributed by atoms with E-state index in [1.54, 1.807) is 4.90 Å². The molecule has 1 unspecified atom stereocenters. The van der Waals surface area contributed by atoms with Crippen LogP contribution in [0.4, 0.5) is 0 Å². The highest BCUT2D eigenvalue weighted by molar-refractivity contribution is 5.87. The summed E-state index contributed by atoms with van der Waals surface area (Å²) in [6, 6.07) is 5.41. The molecule has 8 nitrogen and oxygen atoms in total. The van der Waals surface area contributed by atoms with E-state index in [0.717, 1.165) is 17.5 Å². The molecule has 25 heavy (non-hydrogen) atoms. The molecule has 3 rings (SSSR count). The number of likely N-dealkylation sites (tertiary alicyclic amines) is 1. The minimum absolute atomic E-state index is 0.0948. The molecule has 1 atom stereocenters. The molecule has 1 aliphatic rings. The second kappa shape index (κ2) is 6.92. The number of aryl methyl sites for hydroxylation is 2. The number of nitrogens with one attached hydrogen (secondary N) is 1. The summed E-state index contributed by atoms with van der Waals surface area (Å²) in [5, 5.41) is 19.2. The lowest BCUT2D eigenvalue weighted by atomic mass is 10.1. The van der Waals surface area contributed by atoms with Gasteiger partial charge in [0, 0.05) is 6.54 Å². The highest BCUT2D eigenvalue weighted by atomic mass is 16.5. The lowest BCUT2D eigenvalue weighted by Crippen LogP contribution is -2.35. The molecule has 0 radical (unpaired) electrons. The second-order valence-corrected chi connectivity index (χ2v) is 6.12.